The van der Waals surface area contributed by atoms with E-state index in [1.807, 2.05) is 0 Å². The van der Waals surface area contributed by atoms with Gasteiger partial charge in [0.2, 0.25) is 0 Å². The van der Waals surface area contributed by atoms with Crippen molar-refractivity contribution in [3.8, 4) is 0 Å². The molecule has 0 amide bonds. The summed E-state index contributed by atoms with van der Waals surface area (Å²) in [6, 6.07) is 3.95. The van der Waals surface area contributed by atoms with Crippen LogP contribution in [0.2, 0.25) is 0 Å². The van der Waals surface area contributed by atoms with E-state index in [1.165, 1.54) is 18.6 Å². The number of hydrogen-bond donors (Lipinski definition) is 1. The topological polar surface area (TPSA) is 12.0 Å². The summed E-state index contributed by atoms with van der Waals surface area (Å²) in [7, 11) is 0. The molecule has 0 heterocycles. The fraction of sp³-hybridized carbons (Fsp3) is 0.600. The van der Waals surface area contributed by atoms with Crippen LogP contribution in [0.3, 0.4) is 0 Å². The maximum atomic E-state index is 13.3. The van der Waals surface area contributed by atoms with Crippen LogP contribution in [0, 0.1) is 17.6 Å². The normalized spacial score (nSPS) is 24.2. The molecule has 1 aromatic rings. The van der Waals surface area contributed by atoms with E-state index in [2.05, 4.69) is 12.2 Å². The Bertz CT molecular complexity index is 372. The van der Waals surface area contributed by atoms with Crippen molar-refractivity contribution in [2.75, 3.05) is 13.1 Å². The second-order valence-electron chi connectivity index (χ2n) is 5.16. The molecule has 1 aliphatic carbocycles. The first-order chi connectivity index (χ1) is 8.70. The Labute approximate surface area is 108 Å². The van der Waals surface area contributed by atoms with Gasteiger partial charge in [0.1, 0.15) is 11.6 Å². The van der Waals surface area contributed by atoms with Crippen molar-refractivity contribution in [2.45, 2.75) is 38.5 Å². The number of nitrogens with one attached hydrogen (secondary N) is 1. The Hall–Kier alpha value is -0.960. The van der Waals surface area contributed by atoms with Crippen molar-refractivity contribution in [3.63, 3.8) is 0 Å². The molecule has 2 atom stereocenters. The summed E-state index contributed by atoms with van der Waals surface area (Å²) in [5.74, 6) is -0.126. The van der Waals surface area contributed by atoms with Crippen molar-refractivity contribution in [3.05, 3.63) is 35.4 Å². The standard InChI is InChI=1S/C15H21F2N/c1-2-18-10-11-5-3-4-6-15(11)12-7-13(16)9-14(17)8-12/h7-9,11,15,18H,2-6,10H2,1H3. The van der Waals surface area contributed by atoms with Crippen LogP contribution in [-0.2, 0) is 0 Å². The van der Waals surface area contributed by atoms with Crippen molar-refractivity contribution < 1.29 is 8.78 Å². The van der Waals surface area contributed by atoms with Crippen LogP contribution in [0.25, 0.3) is 0 Å². The monoisotopic (exact) mass is 253 g/mol. The van der Waals surface area contributed by atoms with Gasteiger partial charge in [-0.15, -0.1) is 0 Å². The van der Waals surface area contributed by atoms with Crippen LogP contribution >= 0.6 is 0 Å². The minimum absolute atomic E-state index is 0.294. The first-order valence-electron chi connectivity index (χ1n) is 6.87. The number of rotatable bonds is 4. The van der Waals surface area contributed by atoms with Gasteiger partial charge in [-0.05, 0) is 55.5 Å². The van der Waals surface area contributed by atoms with Crippen LogP contribution in [0.1, 0.15) is 44.1 Å². The Morgan fingerprint density at radius 1 is 1.11 bits per heavy atom. The molecule has 1 aromatic carbocycles. The third-order valence-electron chi connectivity index (χ3n) is 3.88. The van der Waals surface area contributed by atoms with Crippen LogP contribution in [0.5, 0.6) is 0 Å². The molecular weight excluding hydrogens is 232 g/mol. The summed E-state index contributed by atoms with van der Waals surface area (Å²) in [5, 5.41) is 3.36. The SMILES string of the molecule is CCNCC1CCCCC1c1cc(F)cc(F)c1. The molecule has 1 N–H and O–H groups in total. The average Bonchev–Trinajstić information content (AvgIpc) is 2.35. The molecule has 0 saturated heterocycles. The van der Waals surface area contributed by atoms with Crippen molar-refractivity contribution in [1.82, 2.24) is 5.32 Å². The molecule has 0 spiro atoms. The fourth-order valence-electron chi connectivity index (χ4n) is 3.01. The molecule has 1 fully saturated rings. The maximum Gasteiger partial charge on any atom is 0.126 e. The van der Waals surface area contributed by atoms with Gasteiger partial charge < -0.3 is 5.32 Å². The first kappa shape index (κ1) is 13.5. The fourth-order valence-corrected chi connectivity index (χ4v) is 3.01. The van der Waals surface area contributed by atoms with Crippen LogP contribution in [0.4, 0.5) is 8.78 Å². The molecule has 1 nitrogen and oxygen atoms in total. The van der Waals surface area contributed by atoms with Crippen molar-refractivity contribution >= 4 is 0 Å². The molecule has 18 heavy (non-hydrogen) atoms. The Kier molecular flexibility index (Phi) is 4.70. The summed E-state index contributed by atoms with van der Waals surface area (Å²) in [6.45, 7) is 3.97. The molecule has 3 heteroatoms. The maximum absolute atomic E-state index is 13.3. The highest BCUT2D eigenvalue weighted by Crippen LogP contribution is 2.37. The lowest BCUT2D eigenvalue weighted by Gasteiger charge is -2.32. The van der Waals surface area contributed by atoms with E-state index < -0.39 is 11.6 Å². The summed E-state index contributed by atoms with van der Waals surface area (Å²) in [5.41, 5.74) is 0.829. The molecule has 0 radical (unpaired) electrons. The molecular formula is C15H21F2N. The van der Waals surface area contributed by atoms with E-state index in [-0.39, 0.29) is 0 Å². The number of halogens is 2. The predicted octanol–water partition coefficient (Wildman–Crippen LogP) is 3.85. The molecule has 0 aromatic heterocycles. The lowest BCUT2D eigenvalue weighted by molar-refractivity contribution is 0.296. The van der Waals surface area contributed by atoms with E-state index >= 15 is 0 Å². The summed E-state index contributed by atoms with van der Waals surface area (Å²) < 4.78 is 26.6. The van der Waals surface area contributed by atoms with Gasteiger partial charge in [-0.3, -0.25) is 0 Å². The zero-order valence-electron chi connectivity index (χ0n) is 10.9. The number of benzene rings is 1. The quantitative estimate of drug-likeness (QED) is 0.859. The van der Waals surface area contributed by atoms with E-state index in [9.17, 15) is 8.78 Å². The lowest BCUT2D eigenvalue weighted by Crippen LogP contribution is -2.29. The zero-order valence-corrected chi connectivity index (χ0v) is 10.9. The highest BCUT2D eigenvalue weighted by molar-refractivity contribution is 5.23. The molecule has 1 aliphatic rings. The summed E-state index contributed by atoms with van der Waals surface area (Å²) in [4.78, 5) is 0. The molecule has 0 bridgehead atoms. The van der Waals surface area contributed by atoms with Gasteiger partial charge >= 0.3 is 0 Å². The average molecular weight is 253 g/mol. The summed E-state index contributed by atoms with van der Waals surface area (Å²) >= 11 is 0. The van der Waals surface area contributed by atoms with E-state index in [4.69, 9.17) is 0 Å². The summed E-state index contributed by atoms with van der Waals surface area (Å²) in [6.07, 6.45) is 4.57. The minimum atomic E-state index is -0.460. The smallest absolute Gasteiger partial charge is 0.126 e. The largest absolute Gasteiger partial charge is 0.317 e. The number of hydrogen-bond acceptors (Lipinski definition) is 1. The van der Waals surface area contributed by atoms with Crippen molar-refractivity contribution in [2.24, 2.45) is 5.92 Å². The van der Waals surface area contributed by atoms with Crippen molar-refractivity contribution in [1.29, 1.82) is 0 Å². The molecule has 2 rings (SSSR count). The molecule has 100 valence electrons. The Morgan fingerprint density at radius 2 is 1.78 bits per heavy atom. The highest BCUT2D eigenvalue weighted by Gasteiger charge is 2.26. The van der Waals surface area contributed by atoms with Crippen LogP contribution < -0.4 is 5.32 Å². The van der Waals surface area contributed by atoms with Gasteiger partial charge in [0.25, 0.3) is 0 Å². The third-order valence-corrected chi connectivity index (χ3v) is 3.88. The van der Waals surface area contributed by atoms with Crippen LogP contribution in [-0.4, -0.2) is 13.1 Å². The molecule has 1 saturated carbocycles. The second-order valence-corrected chi connectivity index (χ2v) is 5.16. The third kappa shape index (κ3) is 3.29. The van der Waals surface area contributed by atoms with E-state index in [0.717, 1.165) is 44.0 Å². The Balaban J connectivity index is 2.16. The highest BCUT2D eigenvalue weighted by atomic mass is 19.1. The second kappa shape index (κ2) is 6.28. The van der Waals surface area contributed by atoms with Crippen LogP contribution in [0.15, 0.2) is 18.2 Å². The first-order valence-corrected chi connectivity index (χ1v) is 6.87. The predicted molar refractivity (Wildman–Crippen MR) is 69.6 cm³/mol. The van der Waals surface area contributed by atoms with Gasteiger partial charge in [0.05, 0.1) is 0 Å². The van der Waals surface area contributed by atoms with Gasteiger partial charge in [0.15, 0.2) is 0 Å². The van der Waals surface area contributed by atoms with Gasteiger partial charge in [-0.25, -0.2) is 8.78 Å². The Morgan fingerprint density at radius 3 is 2.44 bits per heavy atom. The van der Waals surface area contributed by atoms with E-state index in [0.29, 0.717) is 11.8 Å². The molecule has 0 aliphatic heterocycles. The molecule has 2 unspecified atom stereocenters. The van der Waals surface area contributed by atoms with Gasteiger partial charge in [-0.1, -0.05) is 19.8 Å². The minimum Gasteiger partial charge on any atom is -0.317 e. The lowest BCUT2D eigenvalue weighted by atomic mass is 9.75. The van der Waals surface area contributed by atoms with Gasteiger partial charge in [-0.2, -0.15) is 0 Å². The zero-order chi connectivity index (χ0) is 13.0. The van der Waals surface area contributed by atoms with E-state index in [1.54, 1.807) is 0 Å². The van der Waals surface area contributed by atoms with Gasteiger partial charge in [0, 0.05) is 6.07 Å².